The van der Waals surface area contributed by atoms with Gasteiger partial charge < -0.3 is 4.74 Å². The lowest BCUT2D eigenvalue weighted by atomic mass is 10.2. The Labute approximate surface area is 207 Å². The van der Waals surface area contributed by atoms with Crippen LogP contribution in [0.3, 0.4) is 0 Å². The highest BCUT2D eigenvalue weighted by Crippen LogP contribution is 2.26. The monoisotopic (exact) mass is 549 g/mol. The number of aromatic nitrogens is 2. The summed E-state index contributed by atoms with van der Waals surface area (Å²) in [5.41, 5.74) is 1.71. The summed E-state index contributed by atoms with van der Waals surface area (Å²) in [6, 6.07) is 15.7. The summed E-state index contributed by atoms with van der Waals surface area (Å²) >= 11 is 21.8. The quantitative estimate of drug-likeness (QED) is 0.254. The molecule has 0 aliphatic rings. The Morgan fingerprint density at radius 1 is 1.06 bits per heavy atom. The minimum absolute atomic E-state index is 0.225. The van der Waals surface area contributed by atoms with Crippen molar-refractivity contribution in [1.82, 2.24) is 9.66 Å². The molecule has 9 heteroatoms. The predicted molar refractivity (Wildman–Crippen MR) is 134 cm³/mol. The van der Waals surface area contributed by atoms with Gasteiger partial charge in [-0.3, -0.25) is 4.79 Å². The molecule has 32 heavy (non-hydrogen) atoms. The highest BCUT2D eigenvalue weighted by Gasteiger charge is 2.10. The summed E-state index contributed by atoms with van der Waals surface area (Å²) in [6.07, 6.45) is 1.52. The summed E-state index contributed by atoms with van der Waals surface area (Å²) in [4.78, 5) is 17.4. The van der Waals surface area contributed by atoms with Gasteiger partial charge in [-0.2, -0.15) is 9.78 Å². The van der Waals surface area contributed by atoms with Gasteiger partial charge in [0, 0.05) is 30.7 Å². The fourth-order valence-electron chi connectivity index (χ4n) is 3.06. The first-order valence-corrected chi connectivity index (χ1v) is 11.3. The summed E-state index contributed by atoms with van der Waals surface area (Å²) < 4.78 is 7.98. The van der Waals surface area contributed by atoms with Crippen LogP contribution in [0.25, 0.3) is 10.9 Å². The first-order chi connectivity index (χ1) is 15.3. The minimum atomic E-state index is -0.275. The Bertz CT molecular complexity index is 1420. The van der Waals surface area contributed by atoms with Crippen LogP contribution in [0.4, 0.5) is 0 Å². The smallest absolute Gasteiger partial charge is 0.282 e. The maximum absolute atomic E-state index is 13.0. The maximum Gasteiger partial charge on any atom is 0.282 e. The van der Waals surface area contributed by atoms with Gasteiger partial charge in [0.1, 0.15) is 18.2 Å². The number of rotatable bonds is 5. The number of fused-ring (bicyclic) bond motifs is 1. The van der Waals surface area contributed by atoms with Crippen LogP contribution in [0.1, 0.15) is 17.0 Å². The fraction of sp³-hybridized carbons (Fsp3) is 0.0870. The summed E-state index contributed by atoms with van der Waals surface area (Å²) in [7, 11) is 0. The van der Waals surface area contributed by atoms with Crippen LogP contribution in [0.2, 0.25) is 15.1 Å². The largest absolute Gasteiger partial charge is 0.488 e. The van der Waals surface area contributed by atoms with E-state index in [0.29, 0.717) is 43.1 Å². The molecule has 0 spiro atoms. The van der Waals surface area contributed by atoms with Crippen LogP contribution in [0.15, 0.2) is 69.0 Å². The standard InChI is InChI=1S/C23H15BrCl3N3O2/c1-13-29-21-6-3-16(24)9-19(21)23(31)30(13)28-11-15-8-17(25)5-7-22(15)32-12-14-2-4-18(26)10-20(14)27/h2-11H,12H2,1H3. The maximum atomic E-state index is 13.0. The van der Waals surface area contributed by atoms with Gasteiger partial charge in [-0.25, -0.2) is 4.98 Å². The van der Waals surface area contributed by atoms with Crippen LogP contribution in [-0.4, -0.2) is 15.9 Å². The zero-order chi connectivity index (χ0) is 22.8. The number of nitrogens with zero attached hydrogens (tertiary/aromatic N) is 3. The molecule has 0 N–H and O–H groups in total. The molecule has 162 valence electrons. The fourth-order valence-corrected chi connectivity index (χ4v) is 4.07. The predicted octanol–water partition coefficient (Wildman–Crippen LogP) is 6.89. The van der Waals surface area contributed by atoms with E-state index in [1.807, 2.05) is 6.07 Å². The molecule has 0 saturated heterocycles. The van der Waals surface area contributed by atoms with Gasteiger partial charge in [0.25, 0.3) is 5.56 Å². The molecule has 5 nitrogen and oxygen atoms in total. The summed E-state index contributed by atoms with van der Waals surface area (Å²) in [6.45, 7) is 1.95. The molecule has 0 aliphatic carbocycles. The van der Waals surface area contributed by atoms with Gasteiger partial charge >= 0.3 is 0 Å². The molecule has 0 fully saturated rings. The van der Waals surface area contributed by atoms with E-state index < -0.39 is 0 Å². The van der Waals surface area contributed by atoms with Crippen molar-refractivity contribution in [2.45, 2.75) is 13.5 Å². The lowest BCUT2D eigenvalue weighted by Crippen LogP contribution is -2.20. The van der Waals surface area contributed by atoms with Crippen LogP contribution in [-0.2, 0) is 6.61 Å². The molecule has 4 aromatic rings. The Morgan fingerprint density at radius 3 is 2.59 bits per heavy atom. The number of aryl methyl sites for hydroxylation is 1. The third kappa shape index (κ3) is 4.99. The van der Waals surface area contributed by atoms with Gasteiger partial charge in [-0.15, -0.1) is 0 Å². The molecular weight excluding hydrogens is 537 g/mol. The zero-order valence-corrected chi connectivity index (χ0v) is 20.5. The molecule has 1 heterocycles. The van der Waals surface area contributed by atoms with Crippen molar-refractivity contribution in [3.63, 3.8) is 0 Å². The molecule has 0 aliphatic heterocycles. The highest BCUT2D eigenvalue weighted by atomic mass is 79.9. The number of hydrogen-bond acceptors (Lipinski definition) is 4. The Kier molecular flexibility index (Phi) is 6.86. The van der Waals surface area contributed by atoms with Crippen LogP contribution < -0.4 is 10.3 Å². The number of ether oxygens (including phenoxy) is 1. The molecule has 0 amide bonds. The van der Waals surface area contributed by atoms with Gasteiger partial charge in [-0.05, 0) is 55.5 Å². The molecule has 1 aromatic heterocycles. The molecular formula is C23H15BrCl3N3O2. The van der Waals surface area contributed by atoms with E-state index in [-0.39, 0.29) is 12.2 Å². The van der Waals surface area contributed by atoms with Crippen molar-refractivity contribution in [2.75, 3.05) is 0 Å². The van der Waals surface area contributed by atoms with Crippen molar-refractivity contribution in [2.24, 2.45) is 5.10 Å². The molecule has 0 bridgehead atoms. The Hall–Kier alpha value is -2.38. The van der Waals surface area contributed by atoms with Crippen molar-refractivity contribution in [3.05, 3.63) is 101 Å². The van der Waals surface area contributed by atoms with Gasteiger partial charge in [0.2, 0.25) is 0 Å². The summed E-state index contributed by atoms with van der Waals surface area (Å²) in [5.74, 6) is 0.991. The first kappa shape index (κ1) is 22.8. The average Bonchev–Trinajstić information content (AvgIpc) is 2.74. The van der Waals surface area contributed by atoms with E-state index in [9.17, 15) is 4.79 Å². The highest BCUT2D eigenvalue weighted by molar-refractivity contribution is 9.10. The van der Waals surface area contributed by atoms with Crippen molar-refractivity contribution in [1.29, 1.82) is 0 Å². The molecule has 0 atom stereocenters. The molecule has 3 aromatic carbocycles. The third-order valence-electron chi connectivity index (χ3n) is 4.65. The zero-order valence-electron chi connectivity index (χ0n) is 16.7. The molecule has 4 rings (SSSR count). The molecule has 0 radical (unpaired) electrons. The van der Waals surface area contributed by atoms with Crippen molar-refractivity contribution in [3.8, 4) is 5.75 Å². The van der Waals surface area contributed by atoms with E-state index in [4.69, 9.17) is 39.5 Å². The van der Waals surface area contributed by atoms with E-state index in [1.54, 1.807) is 55.5 Å². The number of hydrogen-bond donors (Lipinski definition) is 0. The molecule has 0 unspecified atom stereocenters. The normalized spacial score (nSPS) is 11.4. The lowest BCUT2D eigenvalue weighted by molar-refractivity contribution is 0.306. The average molecular weight is 552 g/mol. The minimum Gasteiger partial charge on any atom is -0.488 e. The van der Waals surface area contributed by atoms with Crippen molar-refractivity contribution < 1.29 is 4.74 Å². The third-order valence-corrected chi connectivity index (χ3v) is 5.97. The van der Waals surface area contributed by atoms with E-state index in [2.05, 4.69) is 26.0 Å². The number of halogens is 4. The summed E-state index contributed by atoms with van der Waals surface area (Å²) in [5, 5.41) is 6.39. The van der Waals surface area contributed by atoms with Crippen LogP contribution in [0.5, 0.6) is 5.75 Å². The van der Waals surface area contributed by atoms with E-state index in [0.717, 1.165) is 10.0 Å². The Morgan fingerprint density at radius 2 is 1.81 bits per heavy atom. The second kappa shape index (κ2) is 9.63. The van der Waals surface area contributed by atoms with Gasteiger partial charge in [0.05, 0.1) is 17.1 Å². The second-order valence-electron chi connectivity index (χ2n) is 6.89. The van der Waals surface area contributed by atoms with Crippen LogP contribution in [0, 0.1) is 6.92 Å². The van der Waals surface area contributed by atoms with E-state index >= 15 is 0 Å². The Balaban J connectivity index is 1.67. The van der Waals surface area contributed by atoms with Crippen molar-refractivity contribution >= 4 is 67.9 Å². The van der Waals surface area contributed by atoms with Gasteiger partial charge in [0.15, 0.2) is 0 Å². The lowest BCUT2D eigenvalue weighted by Gasteiger charge is -2.11. The van der Waals surface area contributed by atoms with Gasteiger partial charge in [-0.1, -0.05) is 56.8 Å². The van der Waals surface area contributed by atoms with E-state index in [1.165, 1.54) is 10.9 Å². The SMILES string of the molecule is Cc1nc2ccc(Br)cc2c(=O)n1N=Cc1cc(Cl)ccc1OCc1ccc(Cl)cc1Cl. The molecule has 0 saturated carbocycles. The first-order valence-electron chi connectivity index (χ1n) is 9.41. The second-order valence-corrected chi connectivity index (χ2v) is 9.08. The topological polar surface area (TPSA) is 56.5 Å². The number of benzene rings is 3. The van der Waals surface area contributed by atoms with Crippen LogP contribution >= 0.6 is 50.7 Å².